The Labute approximate surface area is 152 Å². The van der Waals surface area contributed by atoms with E-state index >= 15 is 0 Å². The molecule has 0 unspecified atom stereocenters. The normalized spacial score (nSPS) is 10.5. The van der Waals surface area contributed by atoms with Gasteiger partial charge in [-0.05, 0) is 12.1 Å². The maximum Gasteiger partial charge on any atom is 0.270 e. The van der Waals surface area contributed by atoms with Gasteiger partial charge >= 0.3 is 0 Å². The summed E-state index contributed by atoms with van der Waals surface area (Å²) < 4.78 is 5.12. The van der Waals surface area contributed by atoms with Crippen LogP contribution in [0, 0.1) is 10.1 Å². The van der Waals surface area contributed by atoms with Crippen molar-refractivity contribution in [3.8, 4) is 11.4 Å². The molecule has 3 aromatic rings. The molecule has 0 radical (unpaired) electrons. The number of benzene rings is 2. The summed E-state index contributed by atoms with van der Waals surface area (Å²) in [7, 11) is 0. The lowest BCUT2D eigenvalue weighted by Crippen LogP contribution is -2.26. The monoisotopic (exact) mass is 372 g/mol. The summed E-state index contributed by atoms with van der Waals surface area (Å²) in [5.74, 6) is 0.265. The fraction of sp³-hybridized carbons (Fsp3) is 0.118. The topological polar surface area (TPSA) is 111 Å². The van der Waals surface area contributed by atoms with E-state index in [1.165, 1.54) is 12.1 Å². The number of halogens is 1. The maximum absolute atomic E-state index is 12.1. The van der Waals surface area contributed by atoms with Gasteiger partial charge in [-0.3, -0.25) is 14.9 Å². The second kappa shape index (κ2) is 7.75. The van der Waals surface area contributed by atoms with E-state index in [9.17, 15) is 14.9 Å². The summed E-state index contributed by atoms with van der Waals surface area (Å²) in [6, 6.07) is 12.7. The zero-order chi connectivity index (χ0) is 18.5. The molecule has 1 aromatic heterocycles. The van der Waals surface area contributed by atoms with Crippen molar-refractivity contribution in [2.75, 3.05) is 6.54 Å². The Bertz CT molecular complexity index is 957. The van der Waals surface area contributed by atoms with Crippen molar-refractivity contribution in [1.29, 1.82) is 0 Å². The van der Waals surface area contributed by atoms with Gasteiger partial charge in [0.25, 0.3) is 11.6 Å². The summed E-state index contributed by atoms with van der Waals surface area (Å²) >= 11 is 5.97. The second-order valence-corrected chi connectivity index (χ2v) is 5.71. The fourth-order valence-electron chi connectivity index (χ4n) is 2.26. The van der Waals surface area contributed by atoms with Crippen LogP contribution in [0.3, 0.4) is 0 Å². The van der Waals surface area contributed by atoms with Crippen LogP contribution in [0.15, 0.2) is 53.1 Å². The van der Waals surface area contributed by atoms with Crippen molar-refractivity contribution >= 4 is 23.2 Å². The molecule has 1 N–H and O–H groups in total. The standard InChI is InChI=1S/C17H13ClN4O4/c18-14-7-2-1-6-13(14)17(23)19-9-8-15-20-16(21-26-15)11-4-3-5-12(10-11)22(24)25/h1-7,10H,8-9H2,(H,19,23). The average molecular weight is 373 g/mol. The highest BCUT2D eigenvalue weighted by atomic mass is 35.5. The smallest absolute Gasteiger partial charge is 0.270 e. The lowest BCUT2D eigenvalue weighted by molar-refractivity contribution is -0.384. The van der Waals surface area contributed by atoms with E-state index in [4.69, 9.17) is 16.1 Å². The van der Waals surface area contributed by atoms with Crippen molar-refractivity contribution in [3.05, 3.63) is 75.1 Å². The predicted octanol–water partition coefficient (Wildman–Crippen LogP) is 3.27. The van der Waals surface area contributed by atoms with Crippen LogP contribution in [0.25, 0.3) is 11.4 Å². The minimum atomic E-state index is -0.491. The number of aromatic nitrogens is 2. The van der Waals surface area contributed by atoms with Crippen molar-refractivity contribution in [1.82, 2.24) is 15.5 Å². The highest BCUT2D eigenvalue weighted by Gasteiger charge is 2.13. The molecule has 3 rings (SSSR count). The molecule has 0 aliphatic heterocycles. The Balaban J connectivity index is 1.61. The van der Waals surface area contributed by atoms with Gasteiger partial charge in [-0.15, -0.1) is 0 Å². The van der Waals surface area contributed by atoms with Crippen molar-refractivity contribution in [2.24, 2.45) is 0 Å². The molecule has 0 aliphatic rings. The number of carbonyl (C=O) groups is 1. The van der Waals surface area contributed by atoms with Crippen LogP contribution in [0.2, 0.25) is 5.02 Å². The molecule has 9 heteroatoms. The maximum atomic E-state index is 12.1. The van der Waals surface area contributed by atoms with Crippen LogP contribution in [0.1, 0.15) is 16.2 Å². The fourth-order valence-corrected chi connectivity index (χ4v) is 2.48. The van der Waals surface area contributed by atoms with E-state index < -0.39 is 4.92 Å². The summed E-state index contributed by atoms with van der Waals surface area (Å²) in [6.45, 7) is 0.278. The number of hydrogen-bond acceptors (Lipinski definition) is 6. The van der Waals surface area contributed by atoms with Crippen LogP contribution in [0.4, 0.5) is 5.69 Å². The molecule has 0 saturated heterocycles. The number of nitro benzene ring substituents is 1. The number of nitrogens with one attached hydrogen (secondary N) is 1. The minimum Gasteiger partial charge on any atom is -0.351 e. The van der Waals surface area contributed by atoms with Gasteiger partial charge in [0, 0.05) is 30.7 Å². The van der Waals surface area contributed by atoms with E-state index in [0.717, 1.165) is 0 Å². The zero-order valence-corrected chi connectivity index (χ0v) is 14.1. The van der Waals surface area contributed by atoms with Gasteiger partial charge in [0.05, 0.1) is 15.5 Å². The molecule has 1 amide bonds. The average Bonchev–Trinajstić information content (AvgIpc) is 3.11. The number of amides is 1. The first kappa shape index (κ1) is 17.6. The van der Waals surface area contributed by atoms with Crippen LogP contribution in [0.5, 0.6) is 0 Å². The van der Waals surface area contributed by atoms with Gasteiger partial charge in [-0.2, -0.15) is 4.98 Å². The molecule has 2 aromatic carbocycles. The van der Waals surface area contributed by atoms with E-state index in [-0.39, 0.29) is 24.0 Å². The van der Waals surface area contributed by atoms with Crippen molar-refractivity contribution in [2.45, 2.75) is 6.42 Å². The van der Waals surface area contributed by atoms with Gasteiger partial charge in [0.2, 0.25) is 11.7 Å². The predicted molar refractivity (Wildman–Crippen MR) is 93.9 cm³/mol. The van der Waals surface area contributed by atoms with Crippen molar-refractivity contribution < 1.29 is 14.2 Å². The third-order valence-electron chi connectivity index (χ3n) is 3.53. The molecule has 0 spiro atoms. The number of hydrogen-bond donors (Lipinski definition) is 1. The van der Waals surface area contributed by atoms with Crippen molar-refractivity contribution in [3.63, 3.8) is 0 Å². The summed E-state index contributed by atoms with van der Waals surface area (Å²) in [5.41, 5.74) is 0.812. The first-order valence-corrected chi connectivity index (χ1v) is 8.02. The molecular formula is C17H13ClN4O4. The Morgan fingerprint density at radius 2 is 2.04 bits per heavy atom. The molecule has 0 saturated carbocycles. The first-order valence-electron chi connectivity index (χ1n) is 7.65. The zero-order valence-electron chi connectivity index (χ0n) is 13.4. The van der Waals surface area contributed by atoms with Gasteiger partial charge in [-0.25, -0.2) is 0 Å². The van der Waals surface area contributed by atoms with E-state index in [2.05, 4.69) is 15.5 Å². The van der Waals surface area contributed by atoms with Gasteiger partial charge in [-0.1, -0.05) is 41.0 Å². The van der Waals surface area contributed by atoms with E-state index in [1.807, 2.05) is 0 Å². The molecule has 8 nitrogen and oxygen atoms in total. The quantitative estimate of drug-likeness (QED) is 0.525. The van der Waals surface area contributed by atoms with E-state index in [0.29, 0.717) is 28.5 Å². The summed E-state index contributed by atoms with van der Waals surface area (Å²) in [6.07, 6.45) is 0.318. The molecule has 0 aliphatic carbocycles. The highest BCUT2D eigenvalue weighted by molar-refractivity contribution is 6.33. The summed E-state index contributed by atoms with van der Waals surface area (Å²) in [4.78, 5) is 26.6. The lowest BCUT2D eigenvalue weighted by Gasteiger charge is -2.04. The molecule has 1 heterocycles. The molecule has 0 bridgehead atoms. The Hall–Kier alpha value is -3.26. The number of non-ortho nitro benzene ring substituents is 1. The largest absolute Gasteiger partial charge is 0.351 e. The molecule has 0 fully saturated rings. The van der Waals surface area contributed by atoms with Gasteiger partial charge in [0.15, 0.2) is 0 Å². The van der Waals surface area contributed by atoms with Gasteiger partial charge in [0.1, 0.15) is 0 Å². The third-order valence-corrected chi connectivity index (χ3v) is 3.86. The molecule has 132 valence electrons. The Kier molecular flexibility index (Phi) is 5.23. The number of carbonyl (C=O) groups excluding carboxylic acids is 1. The van der Waals surface area contributed by atoms with Crippen LogP contribution < -0.4 is 5.32 Å². The van der Waals surface area contributed by atoms with Gasteiger partial charge < -0.3 is 9.84 Å². The third kappa shape index (κ3) is 4.04. The molecule has 0 atom stereocenters. The number of nitrogens with zero attached hydrogens (tertiary/aromatic N) is 3. The first-order chi connectivity index (χ1) is 12.5. The number of nitro groups is 1. The Morgan fingerprint density at radius 1 is 1.23 bits per heavy atom. The van der Waals surface area contributed by atoms with Crippen LogP contribution in [-0.2, 0) is 6.42 Å². The summed E-state index contributed by atoms with van der Waals surface area (Å²) in [5, 5.41) is 17.7. The number of rotatable bonds is 6. The highest BCUT2D eigenvalue weighted by Crippen LogP contribution is 2.21. The second-order valence-electron chi connectivity index (χ2n) is 5.30. The van der Waals surface area contributed by atoms with E-state index in [1.54, 1.807) is 36.4 Å². The van der Waals surface area contributed by atoms with Crippen LogP contribution in [-0.4, -0.2) is 27.5 Å². The molecular weight excluding hydrogens is 360 g/mol. The van der Waals surface area contributed by atoms with Crippen LogP contribution >= 0.6 is 11.6 Å². The molecule has 26 heavy (non-hydrogen) atoms. The Morgan fingerprint density at radius 3 is 2.81 bits per heavy atom. The minimum absolute atomic E-state index is 0.0548. The SMILES string of the molecule is O=C(NCCc1nc(-c2cccc([N+](=O)[O-])c2)no1)c1ccccc1Cl. The lowest BCUT2D eigenvalue weighted by atomic mass is 10.2.